The van der Waals surface area contributed by atoms with Crippen LogP contribution in [0.15, 0.2) is 48.8 Å². The highest BCUT2D eigenvalue weighted by atomic mass is 35.5. The number of aromatic nitrogens is 3. The van der Waals surface area contributed by atoms with E-state index in [9.17, 15) is 5.11 Å². The number of H-pyrrole nitrogens is 1. The minimum atomic E-state index is -0.396. The Morgan fingerprint density at radius 3 is 2.67 bits per heavy atom. The molecule has 27 heavy (non-hydrogen) atoms. The second-order valence-electron chi connectivity index (χ2n) is 6.15. The molecule has 0 radical (unpaired) electrons. The lowest BCUT2D eigenvalue weighted by Crippen LogP contribution is -2.20. The van der Waals surface area contributed by atoms with Crippen molar-refractivity contribution in [1.82, 2.24) is 15.0 Å². The van der Waals surface area contributed by atoms with Crippen molar-refractivity contribution in [2.24, 2.45) is 0 Å². The topological polar surface area (TPSA) is 83.1 Å². The van der Waals surface area contributed by atoms with Gasteiger partial charge in [0, 0.05) is 41.0 Å². The maximum absolute atomic E-state index is 9.19. The average Bonchev–Trinajstić information content (AvgIpc) is 3.15. The summed E-state index contributed by atoms with van der Waals surface area (Å²) in [4.78, 5) is 11.8. The normalized spacial score (nSPS) is 13.2. The number of nitrogens with one attached hydrogen (secondary N) is 2. The number of hydrogen-bond acceptors (Lipinski definition) is 5. The molecule has 0 bridgehead atoms. The summed E-state index contributed by atoms with van der Waals surface area (Å²) in [5.74, 6) is 1.74. The van der Waals surface area contributed by atoms with E-state index in [1.165, 1.54) is 0 Å². The van der Waals surface area contributed by atoms with Crippen LogP contribution in [0.2, 0.25) is 10.0 Å². The monoisotopic (exact) mass is 406 g/mol. The number of benzene rings is 1. The number of ether oxygens (including phenoxy) is 1. The van der Waals surface area contributed by atoms with Gasteiger partial charge >= 0.3 is 0 Å². The molecule has 0 aliphatic heterocycles. The first-order chi connectivity index (χ1) is 13.0. The van der Waals surface area contributed by atoms with E-state index in [1.54, 1.807) is 24.5 Å². The third-order valence-corrected chi connectivity index (χ3v) is 4.26. The van der Waals surface area contributed by atoms with Crippen molar-refractivity contribution < 1.29 is 9.84 Å². The fraction of sp³-hybridized carbons (Fsp3) is 0.263. The number of anilines is 1. The van der Waals surface area contributed by atoms with Crippen molar-refractivity contribution in [2.75, 3.05) is 11.9 Å². The van der Waals surface area contributed by atoms with Crippen LogP contribution in [0.25, 0.3) is 0 Å². The molecule has 0 fully saturated rings. The van der Waals surface area contributed by atoms with Gasteiger partial charge in [-0.25, -0.2) is 4.98 Å². The Hall–Kier alpha value is -2.28. The Morgan fingerprint density at radius 1 is 1.22 bits per heavy atom. The standard InChI is InChI=1S/C19H20Cl2N4O2/c1-12(11-26)24-17-3-2-4-18(25-17)27-16(19-22-5-6-23-19)9-13-7-14(20)10-15(21)8-13/h2-8,10,12,16,26H,9,11H2,1H3,(H,22,23)(H,24,25). The molecule has 0 saturated carbocycles. The van der Waals surface area contributed by atoms with Gasteiger partial charge in [-0.2, -0.15) is 4.98 Å². The zero-order valence-corrected chi connectivity index (χ0v) is 16.2. The predicted octanol–water partition coefficient (Wildman–Crippen LogP) is 4.27. The quantitative estimate of drug-likeness (QED) is 0.520. The van der Waals surface area contributed by atoms with Gasteiger partial charge < -0.3 is 20.1 Å². The molecule has 2 aromatic heterocycles. The lowest BCUT2D eigenvalue weighted by Gasteiger charge is -2.18. The molecule has 8 heteroatoms. The third kappa shape index (κ3) is 5.60. The second kappa shape index (κ2) is 9.08. The Labute approximate surface area is 167 Å². The van der Waals surface area contributed by atoms with Gasteiger partial charge in [-0.1, -0.05) is 29.3 Å². The number of hydrogen-bond donors (Lipinski definition) is 3. The number of halogens is 2. The van der Waals surface area contributed by atoms with E-state index in [-0.39, 0.29) is 12.6 Å². The minimum Gasteiger partial charge on any atom is -0.466 e. The fourth-order valence-electron chi connectivity index (χ4n) is 2.60. The van der Waals surface area contributed by atoms with Crippen molar-refractivity contribution in [2.45, 2.75) is 25.5 Å². The van der Waals surface area contributed by atoms with Crippen LogP contribution in [0.4, 0.5) is 5.82 Å². The first-order valence-electron chi connectivity index (χ1n) is 8.49. The number of aliphatic hydroxyl groups is 1. The SMILES string of the molecule is CC(CO)Nc1cccc(OC(Cc2cc(Cl)cc(Cl)c2)c2ncc[nH]2)n1. The maximum Gasteiger partial charge on any atom is 0.215 e. The molecule has 0 saturated heterocycles. The van der Waals surface area contributed by atoms with Crippen LogP contribution >= 0.6 is 23.2 Å². The Balaban J connectivity index is 1.81. The van der Waals surface area contributed by atoms with Crippen LogP contribution in [0.5, 0.6) is 5.88 Å². The van der Waals surface area contributed by atoms with Gasteiger partial charge in [0.1, 0.15) is 11.6 Å². The molecule has 2 unspecified atom stereocenters. The largest absolute Gasteiger partial charge is 0.466 e. The van der Waals surface area contributed by atoms with Crippen LogP contribution < -0.4 is 10.1 Å². The number of aliphatic hydroxyl groups excluding tert-OH is 1. The molecule has 1 aromatic carbocycles. The molecule has 142 valence electrons. The molecule has 3 N–H and O–H groups in total. The van der Waals surface area contributed by atoms with Gasteiger partial charge in [-0.05, 0) is 36.8 Å². The van der Waals surface area contributed by atoms with Crippen molar-refractivity contribution >= 4 is 29.0 Å². The number of nitrogens with zero attached hydrogens (tertiary/aromatic N) is 2. The summed E-state index contributed by atoms with van der Waals surface area (Å²) in [6.07, 6.45) is 3.53. The summed E-state index contributed by atoms with van der Waals surface area (Å²) < 4.78 is 6.10. The Kier molecular flexibility index (Phi) is 6.55. The molecule has 0 aliphatic rings. The van der Waals surface area contributed by atoms with E-state index < -0.39 is 6.10 Å². The lowest BCUT2D eigenvalue weighted by atomic mass is 10.1. The summed E-state index contributed by atoms with van der Waals surface area (Å²) in [5, 5.41) is 13.4. The highest BCUT2D eigenvalue weighted by Gasteiger charge is 2.18. The Bertz CT molecular complexity index is 854. The zero-order valence-electron chi connectivity index (χ0n) is 14.7. The van der Waals surface area contributed by atoms with Crippen LogP contribution in [-0.4, -0.2) is 32.7 Å². The molecule has 0 spiro atoms. The maximum atomic E-state index is 9.19. The molecular weight excluding hydrogens is 387 g/mol. The summed E-state index contributed by atoms with van der Waals surface area (Å²) in [6.45, 7) is 1.88. The van der Waals surface area contributed by atoms with E-state index in [0.29, 0.717) is 34.0 Å². The van der Waals surface area contributed by atoms with Crippen LogP contribution in [0.3, 0.4) is 0 Å². The van der Waals surface area contributed by atoms with E-state index >= 15 is 0 Å². The van der Waals surface area contributed by atoms with E-state index in [2.05, 4.69) is 20.3 Å². The molecule has 3 rings (SSSR count). The first-order valence-corrected chi connectivity index (χ1v) is 9.24. The second-order valence-corrected chi connectivity index (χ2v) is 7.02. The molecular formula is C19H20Cl2N4O2. The van der Waals surface area contributed by atoms with Crippen molar-refractivity contribution in [3.8, 4) is 5.88 Å². The van der Waals surface area contributed by atoms with Crippen molar-refractivity contribution in [3.63, 3.8) is 0 Å². The van der Waals surface area contributed by atoms with Crippen molar-refractivity contribution in [3.05, 3.63) is 70.2 Å². The predicted molar refractivity (Wildman–Crippen MR) is 107 cm³/mol. The first kappa shape index (κ1) is 19.5. The smallest absolute Gasteiger partial charge is 0.215 e. The van der Waals surface area contributed by atoms with Gasteiger partial charge in [0.2, 0.25) is 5.88 Å². The van der Waals surface area contributed by atoms with E-state index in [0.717, 1.165) is 5.56 Å². The summed E-state index contributed by atoms with van der Waals surface area (Å²) in [7, 11) is 0. The van der Waals surface area contributed by atoms with Gasteiger partial charge in [0.25, 0.3) is 0 Å². The summed E-state index contributed by atoms with van der Waals surface area (Å²) in [6, 6.07) is 10.7. The molecule has 6 nitrogen and oxygen atoms in total. The van der Waals surface area contributed by atoms with Gasteiger partial charge in [0.15, 0.2) is 6.10 Å². The van der Waals surface area contributed by atoms with Gasteiger partial charge in [0.05, 0.1) is 6.61 Å². The summed E-state index contributed by atoms with van der Waals surface area (Å²) in [5.41, 5.74) is 0.928. The highest BCUT2D eigenvalue weighted by molar-refractivity contribution is 6.34. The van der Waals surface area contributed by atoms with Crippen molar-refractivity contribution in [1.29, 1.82) is 0 Å². The molecule has 0 amide bonds. The van der Waals surface area contributed by atoms with Crippen LogP contribution in [-0.2, 0) is 6.42 Å². The van der Waals surface area contributed by atoms with Crippen LogP contribution in [0.1, 0.15) is 24.4 Å². The van der Waals surface area contributed by atoms with E-state index in [1.807, 2.05) is 31.2 Å². The summed E-state index contributed by atoms with van der Waals surface area (Å²) >= 11 is 12.2. The highest BCUT2D eigenvalue weighted by Crippen LogP contribution is 2.26. The van der Waals surface area contributed by atoms with Crippen LogP contribution in [0, 0.1) is 0 Å². The lowest BCUT2D eigenvalue weighted by molar-refractivity contribution is 0.189. The molecule has 2 atom stereocenters. The van der Waals surface area contributed by atoms with Gasteiger partial charge in [-0.3, -0.25) is 0 Å². The van der Waals surface area contributed by atoms with Gasteiger partial charge in [-0.15, -0.1) is 0 Å². The third-order valence-electron chi connectivity index (χ3n) is 3.82. The molecule has 0 aliphatic carbocycles. The zero-order chi connectivity index (χ0) is 19.2. The molecule has 2 heterocycles. The number of rotatable bonds is 8. The average molecular weight is 407 g/mol. The molecule has 3 aromatic rings. The Morgan fingerprint density at radius 2 is 2.00 bits per heavy atom. The number of imidazole rings is 1. The fourth-order valence-corrected chi connectivity index (χ4v) is 3.17. The number of aromatic amines is 1. The minimum absolute atomic E-state index is 0.0112. The van der Waals surface area contributed by atoms with E-state index in [4.69, 9.17) is 27.9 Å². The number of pyridine rings is 1.